The summed E-state index contributed by atoms with van der Waals surface area (Å²) >= 11 is 0. The van der Waals surface area contributed by atoms with Crippen molar-refractivity contribution < 1.29 is 18.3 Å². The molecule has 0 saturated carbocycles. The van der Waals surface area contributed by atoms with Gasteiger partial charge in [-0.05, 0) is 56.3 Å². The van der Waals surface area contributed by atoms with Crippen molar-refractivity contribution in [2.75, 3.05) is 31.1 Å². The van der Waals surface area contributed by atoms with E-state index in [1.807, 2.05) is 4.90 Å². The summed E-state index contributed by atoms with van der Waals surface area (Å²) in [5.74, 6) is 1.25. The highest BCUT2D eigenvalue weighted by Gasteiger charge is 2.28. The number of para-hydroxylation sites is 2. The summed E-state index contributed by atoms with van der Waals surface area (Å²) in [4.78, 5) is 14.4. The largest absolute Gasteiger partial charge is 0.433 e. The highest BCUT2D eigenvalue weighted by molar-refractivity contribution is 5.76. The second kappa shape index (κ2) is 9.35. The molecule has 0 aromatic heterocycles. The second-order valence-corrected chi connectivity index (χ2v) is 7.61. The maximum atomic E-state index is 12.6. The maximum absolute atomic E-state index is 12.6. The zero-order valence-electron chi connectivity index (χ0n) is 15.8. The summed E-state index contributed by atoms with van der Waals surface area (Å²) in [5.41, 5.74) is 0.651. The van der Waals surface area contributed by atoms with E-state index >= 15 is 0 Å². The highest BCUT2D eigenvalue weighted by atomic mass is 19.3. The van der Waals surface area contributed by atoms with Gasteiger partial charge in [-0.1, -0.05) is 19.1 Å². The summed E-state index contributed by atoms with van der Waals surface area (Å²) in [5, 5.41) is 6.48. The summed E-state index contributed by atoms with van der Waals surface area (Å²) in [6.07, 6.45) is 3.61. The number of piperidine rings is 1. The average Bonchev–Trinajstić information content (AvgIpc) is 3.10. The SMILES string of the molecule is CC(CC(=O)NC1CCN(c2ccccc2OC(F)F)C1)C1CCNCC1. The molecular formula is C20H29F2N3O2. The molecule has 1 amide bonds. The first-order valence-corrected chi connectivity index (χ1v) is 9.82. The van der Waals surface area contributed by atoms with Crippen LogP contribution in [-0.4, -0.2) is 44.7 Å². The van der Waals surface area contributed by atoms with Crippen molar-refractivity contribution in [1.82, 2.24) is 10.6 Å². The highest BCUT2D eigenvalue weighted by Crippen LogP contribution is 2.32. The molecule has 2 heterocycles. The van der Waals surface area contributed by atoms with Crippen LogP contribution in [0.3, 0.4) is 0 Å². The van der Waals surface area contributed by atoms with E-state index in [9.17, 15) is 13.6 Å². The molecule has 2 unspecified atom stereocenters. The molecule has 7 heteroatoms. The Hall–Kier alpha value is -1.89. The van der Waals surface area contributed by atoms with Gasteiger partial charge >= 0.3 is 6.61 Å². The van der Waals surface area contributed by atoms with Crippen LogP contribution in [0.4, 0.5) is 14.5 Å². The van der Waals surface area contributed by atoms with Crippen LogP contribution >= 0.6 is 0 Å². The quantitative estimate of drug-likeness (QED) is 0.762. The van der Waals surface area contributed by atoms with Crippen LogP contribution in [0.1, 0.15) is 32.6 Å². The molecule has 2 aliphatic heterocycles. The van der Waals surface area contributed by atoms with Crippen LogP contribution in [0.5, 0.6) is 5.75 Å². The second-order valence-electron chi connectivity index (χ2n) is 7.61. The van der Waals surface area contributed by atoms with Crippen LogP contribution in [0, 0.1) is 11.8 Å². The predicted molar refractivity (Wildman–Crippen MR) is 101 cm³/mol. The summed E-state index contributed by atoms with van der Waals surface area (Å²) in [7, 11) is 0. The van der Waals surface area contributed by atoms with Gasteiger partial charge in [0.05, 0.1) is 5.69 Å². The van der Waals surface area contributed by atoms with Crippen molar-refractivity contribution in [1.29, 1.82) is 0 Å². The van der Waals surface area contributed by atoms with E-state index in [1.165, 1.54) is 0 Å². The van der Waals surface area contributed by atoms with Gasteiger partial charge in [-0.15, -0.1) is 0 Å². The maximum Gasteiger partial charge on any atom is 0.387 e. The zero-order chi connectivity index (χ0) is 19.2. The summed E-state index contributed by atoms with van der Waals surface area (Å²) in [6, 6.07) is 6.85. The molecule has 2 atom stereocenters. The first kappa shape index (κ1) is 19.9. The molecular weight excluding hydrogens is 352 g/mol. The van der Waals surface area contributed by atoms with Gasteiger partial charge in [-0.3, -0.25) is 4.79 Å². The van der Waals surface area contributed by atoms with Crippen LogP contribution in [0.25, 0.3) is 0 Å². The van der Waals surface area contributed by atoms with E-state index in [4.69, 9.17) is 0 Å². The third kappa shape index (κ3) is 5.54. The molecule has 0 aliphatic carbocycles. The van der Waals surface area contributed by atoms with Gasteiger partial charge < -0.3 is 20.3 Å². The van der Waals surface area contributed by atoms with Crippen molar-refractivity contribution in [3.05, 3.63) is 24.3 Å². The lowest BCUT2D eigenvalue weighted by molar-refractivity contribution is -0.122. The number of carbonyl (C=O) groups excluding carboxylic acids is 1. The normalized spacial score (nSPS) is 22.1. The summed E-state index contributed by atoms with van der Waals surface area (Å²) in [6.45, 7) is 2.70. The molecule has 1 aromatic rings. The molecule has 0 bridgehead atoms. The monoisotopic (exact) mass is 381 g/mol. The number of ether oxygens (including phenoxy) is 1. The van der Waals surface area contributed by atoms with E-state index in [1.54, 1.807) is 24.3 Å². The summed E-state index contributed by atoms with van der Waals surface area (Å²) < 4.78 is 29.8. The van der Waals surface area contributed by atoms with Crippen molar-refractivity contribution in [3.63, 3.8) is 0 Å². The van der Waals surface area contributed by atoms with Gasteiger partial charge in [0.2, 0.25) is 5.91 Å². The number of halogens is 2. The fraction of sp³-hybridized carbons (Fsp3) is 0.650. The number of nitrogens with one attached hydrogen (secondary N) is 2. The van der Waals surface area contributed by atoms with Gasteiger partial charge in [-0.2, -0.15) is 8.78 Å². The molecule has 3 rings (SSSR count). The number of rotatable bonds is 7. The van der Waals surface area contributed by atoms with Gasteiger partial charge in [0.25, 0.3) is 0 Å². The number of benzene rings is 1. The van der Waals surface area contributed by atoms with Gasteiger partial charge in [-0.25, -0.2) is 0 Å². The van der Waals surface area contributed by atoms with Crippen molar-refractivity contribution >= 4 is 11.6 Å². The van der Waals surface area contributed by atoms with E-state index in [2.05, 4.69) is 22.3 Å². The molecule has 0 radical (unpaired) electrons. The zero-order valence-corrected chi connectivity index (χ0v) is 15.8. The van der Waals surface area contributed by atoms with Crippen LogP contribution in [0.2, 0.25) is 0 Å². The molecule has 2 saturated heterocycles. The molecule has 2 fully saturated rings. The number of hydrogen-bond donors (Lipinski definition) is 2. The Bertz CT molecular complexity index is 623. The van der Waals surface area contributed by atoms with E-state index < -0.39 is 6.61 Å². The molecule has 2 N–H and O–H groups in total. The third-order valence-corrected chi connectivity index (χ3v) is 5.67. The molecule has 2 aliphatic rings. The number of hydrogen-bond acceptors (Lipinski definition) is 4. The molecule has 0 spiro atoms. The lowest BCUT2D eigenvalue weighted by Crippen LogP contribution is -2.39. The Morgan fingerprint density at radius 1 is 1.30 bits per heavy atom. The smallest absolute Gasteiger partial charge is 0.387 e. The lowest BCUT2D eigenvalue weighted by atomic mass is 9.84. The topological polar surface area (TPSA) is 53.6 Å². The lowest BCUT2D eigenvalue weighted by Gasteiger charge is -2.28. The number of nitrogens with zero attached hydrogens (tertiary/aromatic N) is 1. The van der Waals surface area contributed by atoms with Crippen LogP contribution in [-0.2, 0) is 4.79 Å². The number of alkyl halides is 2. The first-order valence-electron chi connectivity index (χ1n) is 9.82. The Morgan fingerprint density at radius 2 is 2.04 bits per heavy atom. The van der Waals surface area contributed by atoms with Gasteiger partial charge in [0, 0.05) is 25.6 Å². The van der Waals surface area contributed by atoms with E-state index in [0.29, 0.717) is 37.0 Å². The van der Waals surface area contributed by atoms with Crippen molar-refractivity contribution in [2.45, 2.75) is 45.3 Å². The number of carbonyl (C=O) groups is 1. The molecule has 27 heavy (non-hydrogen) atoms. The third-order valence-electron chi connectivity index (χ3n) is 5.67. The molecule has 1 aromatic carbocycles. The van der Waals surface area contributed by atoms with Crippen LogP contribution < -0.4 is 20.3 Å². The van der Waals surface area contributed by atoms with Gasteiger partial charge in [0.15, 0.2) is 0 Å². The Balaban J connectivity index is 1.50. The average molecular weight is 381 g/mol. The Labute approximate surface area is 159 Å². The van der Waals surface area contributed by atoms with Crippen molar-refractivity contribution in [2.24, 2.45) is 11.8 Å². The molecule has 150 valence electrons. The minimum Gasteiger partial charge on any atom is -0.433 e. The number of anilines is 1. The van der Waals surface area contributed by atoms with E-state index in [-0.39, 0.29) is 17.7 Å². The van der Waals surface area contributed by atoms with Crippen molar-refractivity contribution in [3.8, 4) is 5.75 Å². The fourth-order valence-corrected chi connectivity index (χ4v) is 4.17. The van der Waals surface area contributed by atoms with E-state index in [0.717, 1.165) is 32.4 Å². The van der Waals surface area contributed by atoms with Gasteiger partial charge in [0.1, 0.15) is 5.75 Å². The Kier molecular flexibility index (Phi) is 6.88. The minimum absolute atomic E-state index is 0.0392. The fourth-order valence-electron chi connectivity index (χ4n) is 4.17. The Morgan fingerprint density at radius 3 is 2.78 bits per heavy atom. The number of amides is 1. The molecule has 5 nitrogen and oxygen atoms in total. The first-order chi connectivity index (χ1) is 13.0. The van der Waals surface area contributed by atoms with Crippen LogP contribution in [0.15, 0.2) is 24.3 Å². The standard InChI is InChI=1S/C20H29F2N3O2/c1-14(15-6-9-23-10-7-15)12-19(26)24-16-8-11-25(13-16)17-4-2-3-5-18(17)27-20(21)22/h2-5,14-16,20,23H,6-13H2,1H3,(H,24,26). The predicted octanol–water partition coefficient (Wildman–Crippen LogP) is 3.01. The minimum atomic E-state index is -2.85.